The van der Waals surface area contributed by atoms with Crippen LogP contribution in [0.2, 0.25) is 0 Å². The molecule has 7 heteroatoms. The van der Waals surface area contributed by atoms with E-state index in [1.807, 2.05) is 0 Å². The summed E-state index contributed by atoms with van der Waals surface area (Å²) in [5.74, 6) is -0.397. The summed E-state index contributed by atoms with van der Waals surface area (Å²) >= 11 is 0. The molecule has 112 valence electrons. The highest BCUT2D eigenvalue weighted by atomic mass is 32.2. The lowest BCUT2D eigenvalue weighted by atomic mass is 10.3. The molecule has 1 atom stereocenters. The van der Waals surface area contributed by atoms with Crippen LogP contribution in [-0.4, -0.2) is 44.2 Å². The van der Waals surface area contributed by atoms with Crippen molar-refractivity contribution < 1.29 is 27.8 Å². The maximum Gasteiger partial charge on any atom is 0.304 e. The number of aliphatic carboxylic acids is 1. The van der Waals surface area contributed by atoms with Crippen molar-refractivity contribution in [1.82, 2.24) is 0 Å². The number of benzene rings is 1. The Bertz CT molecular complexity index is 552. The normalized spacial score (nSPS) is 12.7. The van der Waals surface area contributed by atoms with Crippen LogP contribution in [0.5, 0.6) is 11.5 Å². The Hall–Kier alpha value is -1.76. The minimum absolute atomic E-state index is 0.0489. The molecule has 0 aliphatic rings. The highest BCUT2D eigenvalue weighted by molar-refractivity contribution is 7.92. The molecule has 0 heterocycles. The zero-order valence-electron chi connectivity index (χ0n) is 11.4. The van der Waals surface area contributed by atoms with Gasteiger partial charge in [0.2, 0.25) is 0 Å². The van der Waals surface area contributed by atoms with Crippen LogP contribution in [0.1, 0.15) is 13.3 Å². The molecule has 0 saturated heterocycles. The lowest BCUT2D eigenvalue weighted by Crippen LogP contribution is -2.26. The number of hydrogen-bond acceptors (Lipinski definition) is 5. The van der Waals surface area contributed by atoms with Crippen molar-refractivity contribution in [2.24, 2.45) is 0 Å². The largest absolute Gasteiger partial charge is 0.493 e. The topological polar surface area (TPSA) is 89.9 Å². The summed E-state index contributed by atoms with van der Waals surface area (Å²) in [7, 11) is -2.00. The number of methoxy groups -OCH3 is 1. The van der Waals surface area contributed by atoms with Crippen LogP contribution in [0.3, 0.4) is 0 Å². The average Bonchev–Trinajstić information content (AvgIpc) is 2.38. The van der Waals surface area contributed by atoms with Crippen molar-refractivity contribution in [3.8, 4) is 11.5 Å². The van der Waals surface area contributed by atoms with Gasteiger partial charge >= 0.3 is 5.97 Å². The van der Waals surface area contributed by atoms with E-state index in [1.54, 1.807) is 24.3 Å². The predicted molar refractivity (Wildman–Crippen MR) is 74.0 cm³/mol. The first-order valence-corrected chi connectivity index (χ1v) is 7.77. The molecule has 0 saturated carbocycles. The molecule has 0 radical (unpaired) electrons. The third kappa shape index (κ3) is 4.73. The van der Waals surface area contributed by atoms with Gasteiger partial charge in [-0.15, -0.1) is 0 Å². The number of carboxylic acid groups (broad SMARTS) is 1. The molecule has 0 aliphatic heterocycles. The van der Waals surface area contributed by atoms with Gasteiger partial charge < -0.3 is 14.6 Å². The zero-order chi connectivity index (χ0) is 15.2. The molecular weight excluding hydrogens is 284 g/mol. The van der Waals surface area contributed by atoms with E-state index in [0.717, 1.165) is 0 Å². The second-order valence-electron chi connectivity index (χ2n) is 4.27. The molecule has 0 spiro atoms. The van der Waals surface area contributed by atoms with Gasteiger partial charge in [0.1, 0.15) is 6.61 Å². The van der Waals surface area contributed by atoms with E-state index in [9.17, 15) is 13.2 Å². The van der Waals surface area contributed by atoms with Gasteiger partial charge in [-0.3, -0.25) is 4.79 Å². The van der Waals surface area contributed by atoms with E-state index in [-0.39, 0.29) is 12.4 Å². The molecular formula is C13H18O6S. The third-order valence-corrected chi connectivity index (χ3v) is 4.90. The minimum Gasteiger partial charge on any atom is -0.493 e. The Morgan fingerprint density at radius 2 is 1.90 bits per heavy atom. The SMILES string of the molecule is COc1ccccc1OCCS(=O)(=O)C(C)CC(=O)O. The first kappa shape index (κ1) is 16.3. The zero-order valence-corrected chi connectivity index (χ0v) is 12.2. The highest BCUT2D eigenvalue weighted by Crippen LogP contribution is 2.25. The number of rotatable bonds is 8. The second-order valence-corrected chi connectivity index (χ2v) is 6.81. The lowest BCUT2D eigenvalue weighted by Gasteiger charge is -2.13. The summed E-state index contributed by atoms with van der Waals surface area (Å²) < 4.78 is 34.1. The number of ether oxygens (including phenoxy) is 2. The van der Waals surface area contributed by atoms with Crippen molar-refractivity contribution in [3.63, 3.8) is 0 Å². The van der Waals surface area contributed by atoms with Crippen molar-refractivity contribution >= 4 is 15.8 Å². The summed E-state index contributed by atoms with van der Waals surface area (Å²) in [6, 6.07) is 6.90. The van der Waals surface area contributed by atoms with Crippen LogP contribution in [0, 0.1) is 0 Å². The highest BCUT2D eigenvalue weighted by Gasteiger charge is 2.23. The first-order valence-electron chi connectivity index (χ1n) is 6.06. The van der Waals surface area contributed by atoms with E-state index >= 15 is 0 Å². The molecule has 1 rings (SSSR count). The van der Waals surface area contributed by atoms with Crippen LogP contribution in [0.4, 0.5) is 0 Å². The van der Waals surface area contributed by atoms with Crippen molar-refractivity contribution in [2.45, 2.75) is 18.6 Å². The van der Waals surface area contributed by atoms with Gasteiger partial charge in [0, 0.05) is 0 Å². The molecule has 6 nitrogen and oxygen atoms in total. The van der Waals surface area contributed by atoms with Crippen LogP contribution in [-0.2, 0) is 14.6 Å². The van der Waals surface area contributed by atoms with Crippen LogP contribution in [0.25, 0.3) is 0 Å². The number of hydrogen-bond donors (Lipinski definition) is 1. The Kier molecular flexibility index (Phi) is 5.82. The second kappa shape index (κ2) is 7.14. The molecule has 0 bridgehead atoms. The molecule has 0 aliphatic carbocycles. The fourth-order valence-corrected chi connectivity index (χ4v) is 2.69. The van der Waals surface area contributed by atoms with E-state index in [2.05, 4.69) is 0 Å². The molecule has 1 aromatic carbocycles. The average molecular weight is 302 g/mol. The Balaban J connectivity index is 2.57. The standard InChI is InChI=1S/C13H18O6S/c1-10(9-13(14)15)20(16,17)8-7-19-12-6-4-3-5-11(12)18-2/h3-6,10H,7-9H2,1-2H3,(H,14,15). The maximum absolute atomic E-state index is 11.8. The lowest BCUT2D eigenvalue weighted by molar-refractivity contribution is -0.136. The Labute approximate surface area is 118 Å². The van der Waals surface area contributed by atoms with E-state index in [1.165, 1.54) is 14.0 Å². The van der Waals surface area contributed by atoms with Crippen LogP contribution >= 0.6 is 0 Å². The summed E-state index contributed by atoms with van der Waals surface area (Å²) in [6.45, 7) is 1.33. The van der Waals surface area contributed by atoms with E-state index in [4.69, 9.17) is 14.6 Å². The molecule has 1 unspecified atom stereocenters. The van der Waals surface area contributed by atoms with Gasteiger partial charge in [-0.2, -0.15) is 0 Å². The Morgan fingerprint density at radius 3 is 2.45 bits per heavy atom. The van der Waals surface area contributed by atoms with Crippen LogP contribution < -0.4 is 9.47 Å². The molecule has 0 fully saturated rings. The minimum atomic E-state index is -3.49. The van der Waals surface area contributed by atoms with Gasteiger partial charge in [-0.05, 0) is 19.1 Å². The fourth-order valence-electron chi connectivity index (χ4n) is 1.58. The van der Waals surface area contributed by atoms with E-state index in [0.29, 0.717) is 11.5 Å². The summed E-state index contributed by atoms with van der Waals surface area (Å²) in [4.78, 5) is 10.5. The Morgan fingerprint density at radius 1 is 1.30 bits per heavy atom. The van der Waals surface area contributed by atoms with Crippen molar-refractivity contribution in [3.05, 3.63) is 24.3 Å². The summed E-state index contributed by atoms with van der Waals surface area (Å²) in [5.41, 5.74) is 0. The van der Waals surface area contributed by atoms with Crippen molar-refractivity contribution in [2.75, 3.05) is 19.5 Å². The predicted octanol–water partition coefficient (Wildman–Crippen LogP) is 1.35. The summed E-state index contributed by atoms with van der Waals surface area (Å²) in [6.07, 6.45) is -0.406. The number of sulfone groups is 1. The number of para-hydroxylation sites is 2. The monoisotopic (exact) mass is 302 g/mol. The molecule has 0 amide bonds. The summed E-state index contributed by atoms with van der Waals surface area (Å²) in [5, 5.41) is 7.68. The van der Waals surface area contributed by atoms with E-state index < -0.39 is 27.5 Å². The molecule has 1 N–H and O–H groups in total. The van der Waals surface area contributed by atoms with Crippen LogP contribution in [0.15, 0.2) is 24.3 Å². The van der Waals surface area contributed by atoms with Gasteiger partial charge in [0.25, 0.3) is 0 Å². The molecule has 20 heavy (non-hydrogen) atoms. The first-order chi connectivity index (χ1) is 9.36. The van der Waals surface area contributed by atoms with Gasteiger partial charge in [-0.25, -0.2) is 8.42 Å². The van der Waals surface area contributed by atoms with Gasteiger partial charge in [-0.1, -0.05) is 12.1 Å². The van der Waals surface area contributed by atoms with Crippen molar-refractivity contribution in [1.29, 1.82) is 0 Å². The maximum atomic E-state index is 11.8. The smallest absolute Gasteiger partial charge is 0.304 e. The fraction of sp³-hybridized carbons (Fsp3) is 0.462. The molecule has 1 aromatic rings. The number of carbonyl (C=O) groups is 1. The van der Waals surface area contributed by atoms with Gasteiger partial charge in [0.15, 0.2) is 21.3 Å². The molecule has 0 aromatic heterocycles. The third-order valence-electron chi connectivity index (χ3n) is 2.77. The van der Waals surface area contributed by atoms with Gasteiger partial charge in [0.05, 0.1) is 24.5 Å². The number of carboxylic acids is 1. The quantitative estimate of drug-likeness (QED) is 0.779.